The summed E-state index contributed by atoms with van der Waals surface area (Å²) in [5, 5.41) is 37.0. The molecule has 1 rings (SSSR count). The van der Waals surface area contributed by atoms with E-state index in [-0.39, 0.29) is 6.29 Å². The van der Waals surface area contributed by atoms with Crippen LogP contribution in [0.4, 0.5) is 0 Å². The first-order valence-electron chi connectivity index (χ1n) is 6.53. The minimum Gasteiger partial charge on any atom is -0.449 e. The first-order chi connectivity index (χ1) is 10.5. The Hall–Kier alpha value is -2.06. The molecule has 0 radical (unpaired) electrons. The molecule has 0 bridgehead atoms. The summed E-state index contributed by atoms with van der Waals surface area (Å²) in [5.41, 5.74) is 0.735. The number of hydrogen-bond acceptors (Lipinski definition) is 7. The second-order valence-corrected chi connectivity index (χ2v) is 4.51. The smallest absolute Gasteiger partial charge is 0.331 e. The molecule has 22 heavy (non-hydrogen) atoms. The topological polar surface area (TPSA) is 124 Å². The van der Waals surface area contributed by atoms with Gasteiger partial charge in [-0.25, -0.2) is 4.79 Å². The van der Waals surface area contributed by atoms with Crippen LogP contribution in [0.1, 0.15) is 5.56 Å². The summed E-state index contributed by atoms with van der Waals surface area (Å²) in [6.07, 6.45) is -4.35. The first-order valence-corrected chi connectivity index (χ1v) is 6.53. The summed E-state index contributed by atoms with van der Waals surface area (Å²) < 4.78 is 4.70. The normalized spacial score (nSPS) is 16.7. The van der Waals surface area contributed by atoms with Gasteiger partial charge in [0, 0.05) is 6.08 Å². The number of aliphatic hydroxyl groups excluding tert-OH is 4. The van der Waals surface area contributed by atoms with Gasteiger partial charge in [-0.15, -0.1) is 0 Å². The molecule has 0 aliphatic heterocycles. The number of ether oxygens (including phenoxy) is 1. The maximum Gasteiger partial charge on any atom is 0.331 e. The van der Waals surface area contributed by atoms with Gasteiger partial charge in [0.1, 0.15) is 18.3 Å². The minimum atomic E-state index is -1.85. The predicted molar refractivity (Wildman–Crippen MR) is 76.5 cm³/mol. The van der Waals surface area contributed by atoms with Gasteiger partial charge in [-0.3, -0.25) is 4.79 Å². The SMILES string of the molecule is O=C[C@H](OC(=O)C=Cc1ccccc1)[C@@H](O)[C@H](O)[C@H](O)CO. The number of carbonyl (C=O) groups is 2. The van der Waals surface area contributed by atoms with Gasteiger partial charge in [-0.1, -0.05) is 30.3 Å². The molecule has 0 saturated carbocycles. The van der Waals surface area contributed by atoms with Crippen molar-refractivity contribution in [3.8, 4) is 0 Å². The number of aliphatic hydroxyl groups is 4. The van der Waals surface area contributed by atoms with E-state index in [1.54, 1.807) is 24.3 Å². The van der Waals surface area contributed by atoms with E-state index in [0.717, 1.165) is 11.6 Å². The van der Waals surface area contributed by atoms with E-state index < -0.39 is 37.0 Å². The fraction of sp³-hybridized carbons (Fsp3) is 0.333. The first kappa shape index (κ1) is 18.0. The van der Waals surface area contributed by atoms with Crippen molar-refractivity contribution in [2.45, 2.75) is 24.4 Å². The highest BCUT2D eigenvalue weighted by Gasteiger charge is 2.33. The van der Waals surface area contributed by atoms with E-state index in [4.69, 9.17) is 9.84 Å². The van der Waals surface area contributed by atoms with Crippen LogP contribution in [0.25, 0.3) is 6.08 Å². The quantitative estimate of drug-likeness (QED) is 0.272. The van der Waals surface area contributed by atoms with Crippen molar-refractivity contribution in [1.82, 2.24) is 0 Å². The van der Waals surface area contributed by atoms with Crippen LogP contribution in [0.3, 0.4) is 0 Å². The molecule has 0 unspecified atom stereocenters. The predicted octanol–water partition coefficient (Wildman–Crippen LogP) is -1.11. The van der Waals surface area contributed by atoms with Crippen molar-refractivity contribution in [3.63, 3.8) is 0 Å². The molecule has 4 atom stereocenters. The molecule has 0 saturated heterocycles. The van der Waals surface area contributed by atoms with Crippen molar-refractivity contribution in [2.24, 2.45) is 0 Å². The van der Waals surface area contributed by atoms with Crippen molar-refractivity contribution >= 4 is 18.3 Å². The van der Waals surface area contributed by atoms with E-state index >= 15 is 0 Å². The van der Waals surface area contributed by atoms with Gasteiger partial charge in [0.25, 0.3) is 0 Å². The van der Waals surface area contributed by atoms with Crippen molar-refractivity contribution in [2.75, 3.05) is 6.61 Å². The highest BCUT2D eigenvalue weighted by atomic mass is 16.6. The van der Waals surface area contributed by atoms with Crippen LogP contribution in [0.15, 0.2) is 36.4 Å². The molecule has 0 aliphatic carbocycles. The molecule has 7 nitrogen and oxygen atoms in total. The molecule has 7 heteroatoms. The molecule has 0 spiro atoms. The maximum absolute atomic E-state index is 11.6. The van der Waals surface area contributed by atoms with Crippen LogP contribution >= 0.6 is 0 Å². The van der Waals surface area contributed by atoms with Crippen LogP contribution in [0.2, 0.25) is 0 Å². The zero-order chi connectivity index (χ0) is 16.5. The zero-order valence-electron chi connectivity index (χ0n) is 11.6. The number of aldehydes is 1. The third-order valence-corrected chi connectivity index (χ3v) is 2.87. The van der Waals surface area contributed by atoms with Crippen LogP contribution in [0, 0.1) is 0 Å². The summed E-state index contributed by atoms with van der Waals surface area (Å²) in [4.78, 5) is 22.4. The molecule has 120 valence electrons. The molecule has 0 aromatic heterocycles. The Bertz CT molecular complexity index is 500. The standard InChI is InChI=1S/C15H18O7/c16-8-11(18)14(20)15(21)12(9-17)22-13(19)7-6-10-4-2-1-3-5-10/h1-7,9,11-12,14-16,18,20-21H,8H2/t11-,12+,14-,15-/m1/s1. The Labute approximate surface area is 127 Å². The Morgan fingerprint density at radius 3 is 2.32 bits per heavy atom. The van der Waals surface area contributed by atoms with E-state index in [9.17, 15) is 24.9 Å². The van der Waals surface area contributed by atoms with Gasteiger partial charge in [0.05, 0.1) is 6.61 Å². The van der Waals surface area contributed by atoms with Gasteiger partial charge < -0.3 is 25.2 Å². The van der Waals surface area contributed by atoms with Crippen molar-refractivity contribution in [3.05, 3.63) is 42.0 Å². The Kier molecular flexibility index (Phi) is 7.41. The molecule has 0 fully saturated rings. The van der Waals surface area contributed by atoms with Gasteiger partial charge >= 0.3 is 5.97 Å². The van der Waals surface area contributed by atoms with Crippen LogP contribution in [-0.2, 0) is 14.3 Å². The summed E-state index contributed by atoms with van der Waals surface area (Å²) in [5.74, 6) is -0.898. The molecule has 4 N–H and O–H groups in total. The van der Waals surface area contributed by atoms with E-state index in [1.807, 2.05) is 6.07 Å². The summed E-state index contributed by atoms with van der Waals surface area (Å²) in [6, 6.07) is 8.85. The average molecular weight is 310 g/mol. The van der Waals surface area contributed by atoms with Crippen molar-refractivity contribution in [1.29, 1.82) is 0 Å². The van der Waals surface area contributed by atoms with Crippen LogP contribution in [0.5, 0.6) is 0 Å². The van der Waals surface area contributed by atoms with Gasteiger partial charge in [0.15, 0.2) is 12.4 Å². The molecule has 0 amide bonds. The van der Waals surface area contributed by atoms with Gasteiger partial charge in [-0.05, 0) is 11.6 Å². The second-order valence-electron chi connectivity index (χ2n) is 4.51. The third-order valence-electron chi connectivity index (χ3n) is 2.87. The number of hydrogen-bond donors (Lipinski definition) is 4. The molecular weight excluding hydrogens is 292 g/mol. The van der Waals surface area contributed by atoms with Crippen LogP contribution in [-0.4, -0.2) is 63.7 Å². The van der Waals surface area contributed by atoms with Gasteiger partial charge in [-0.2, -0.15) is 0 Å². The number of benzene rings is 1. The number of carbonyl (C=O) groups excluding carboxylic acids is 2. The Balaban J connectivity index is 2.63. The lowest BCUT2D eigenvalue weighted by Gasteiger charge is -2.25. The molecule has 0 heterocycles. The fourth-order valence-electron chi connectivity index (χ4n) is 1.61. The summed E-state index contributed by atoms with van der Waals surface area (Å²) in [6.45, 7) is -0.814. The summed E-state index contributed by atoms with van der Waals surface area (Å²) in [7, 11) is 0. The molecular formula is C15H18O7. The number of rotatable bonds is 8. The fourth-order valence-corrected chi connectivity index (χ4v) is 1.61. The van der Waals surface area contributed by atoms with E-state index in [1.165, 1.54) is 6.08 Å². The van der Waals surface area contributed by atoms with Crippen molar-refractivity contribution < 1.29 is 34.8 Å². The van der Waals surface area contributed by atoms with Gasteiger partial charge in [0.2, 0.25) is 0 Å². The summed E-state index contributed by atoms with van der Waals surface area (Å²) >= 11 is 0. The Morgan fingerprint density at radius 1 is 1.14 bits per heavy atom. The molecule has 0 aliphatic rings. The third kappa shape index (κ3) is 5.38. The average Bonchev–Trinajstić information content (AvgIpc) is 2.56. The Morgan fingerprint density at radius 2 is 1.77 bits per heavy atom. The largest absolute Gasteiger partial charge is 0.449 e. The zero-order valence-corrected chi connectivity index (χ0v) is 11.6. The maximum atomic E-state index is 11.6. The lowest BCUT2D eigenvalue weighted by molar-refractivity contribution is -0.163. The monoisotopic (exact) mass is 310 g/mol. The number of esters is 1. The lowest BCUT2D eigenvalue weighted by atomic mass is 10.0. The molecule has 1 aromatic rings. The second kappa shape index (κ2) is 9.06. The highest BCUT2D eigenvalue weighted by Crippen LogP contribution is 2.08. The van der Waals surface area contributed by atoms with Crippen LogP contribution < -0.4 is 0 Å². The van der Waals surface area contributed by atoms with E-state index in [0.29, 0.717) is 0 Å². The lowest BCUT2D eigenvalue weighted by Crippen LogP contribution is -2.47. The highest BCUT2D eigenvalue weighted by molar-refractivity contribution is 5.88. The van der Waals surface area contributed by atoms with E-state index in [2.05, 4.69) is 0 Å². The molecule has 1 aromatic carbocycles. The minimum absolute atomic E-state index is 0.131.